The van der Waals surface area contributed by atoms with Gasteiger partial charge in [-0.05, 0) is 75.8 Å². The molecule has 2 aromatic rings. The Hall–Kier alpha value is -0.617. The van der Waals surface area contributed by atoms with Crippen LogP contribution >= 0.6 is 0 Å². The molecule has 186 valence electrons. The standard InChI is InChI=1S/C32H40.2ClH.Zr/c1-8-31(9-2)21(4)32(10-3,29-20-23(19-28(29)31)30(5,6)7)27-17-13-16-25-24-15-12-11-14-22(24)18-26(25)27;;;/h11-17,19-21,29H,8-10,18H2,1-7H3;2*1H;/q;;;+2/p-2. The summed E-state index contributed by atoms with van der Waals surface area (Å²) < 4.78 is 0. The van der Waals surface area contributed by atoms with Crippen molar-refractivity contribution >= 4 is 0 Å². The Kier molecular flexibility index (Phi) is 9.30. The van der Waals surface area contributed by atoms with Gasteiger partial charge in [-0.3, -0.25) is 0 Å². The van der Waals surface area contributed by atoms with E-state index in [4.69, 9.17) is 0 Å². The van der Waals surface area contributed by atoms with Gasteiger partial charge in [0.2, 0.25) is 0 Å². The molecule has 2 aromatic carbocycles. The second-order valence-corrected chi connectivity index (χ2v) is 11.6. The van der Waals surface area contributed by atoms with Gasteiger partial charge in [-0.15, -0.1) is 0 Å². The van der Waals surface area contributed by atoms with Gasteiger partial charge in [0.25, 0.3) is 0 Å². The summed E-state index contributed by atoms with van der Waals surface area (Å²) in [5.41, 5.74) is 11.6. The van der Waals surface area contributed by atoms with Crippen molar-refractivity contribution in [3.63, 3.8) is 0 Å². The summed E-state index contributed by atoms with van der Waals surface area (Å²) >= 11 is 0. The fraction of sp³-hybridized carbons (Fsp3) is 0.500. The predicted molar refractivity (Wildman–Crippen MR) is 138 cm³/mol. The molecule has 35 heavy (non-hydrogen) atoms. The largest absolute Gasteiger partial charge is 2.00 e. The second-order valence-electron chi connectivity index (χ2n) is 11.6. The Morgan fingerprint density at radius 3 is 2.09 bits per heavy atom. The fourth-order valence-electron chi connectivity index (χ4n) is 7.91. The van der Waals surface area contributed by atoms with Gasteiger partial charge in [0, 0.05) is 11.3 Å². The van der Waals surface area contributed by atoms with E-state index in [0.29, 0.717) is 17.3 Å². The minimum atomic E-state index is 0. The van der Waals surface area contributed by atoms with Crippen LogP contribution in [0.4, 0.5) is 0 Å². The van der Waals surface area contributed by atoms with Crippen LogP contribution in [-0.4, -0.2) is 0 Å². The van der Waals surface area contributed by atoms with E-state index in [1.165, 1.54) is 36.0 Å². The molecule has 0 aromatic heterocycles. The first-order chi connectivity index (χ1) is 15.2. The number of halogens is 2. The maximum atomic E-state index is 2.68. The van der Waals surface area contributed by atoms with Crippen molar-refractivity contribution in [3.05, 3.63) is 82.5 Å². The topological polar surface area (TPSA) is 0 Å². The summed E-state index contributed by atoms with van der Waals surface area (Å²) in [6, 6.07) is 16.2. The Bertz CT molecular complexity index is 1130. The number of hydrogen-bond acceptors (Lipinski definition) is 0. The Balaban J connectivity index is 0.00000144. The van der Waals surface area contributed by atoms with E-state index in [1.54, 1.807) is 22.3 Å². The van der Waals surface area contributed by atoms with Crippen molar-refractivity contribution in [2.24, 2.45) is 22.7 Å². The summed E-state index contributed by atoms with van der Waals surface area (Å²) in [5, 5.41) is 0. The van der Waals surface area contributed by atoms with Crippen molar-refractivity contribution < 1.29 is 51.0 Å². The Morgan fingerprint density at radius 2 is 1.49 bits per heavy atom. The van der Waals surface area contributed by atoms with Crippen LogP contribution in [0.2, 0.25) is 0 Å². The van der Waals surface area contributed by atoms with Crippen LogP contribution in [0.25, 0.3) is 11.1 Å². The molecule has 0 bridgehead atoms. The Morgan fingerprint density at radius 1 is 0.857 bits per heavy atom. The zero-order chi connectivity index (χ0) is 22.9. The van der Waals surface area contributed by atoms with E-state index < -0.39 is 0 Å². The SMILES string of the molecule is CCC1(CC)C2=CC(C(C)(C)C)=CC2C(CC)(c2cccc3c2Cc2ccccc2-3)C1C.[Cl-].[Cl-].[Zr+2]. The maximum Gasteiger partial charge on any atom is 2.00 e. The van der Waals surface area contributed by atoms with Crippen LogP contribution in [0.15, 0.2) is 65.8 Å². The third-order valence-electron chi connectivity index (χ3n) is 9.79. The fourth-order valence-corrected chi connectivity index (χ4v) is 7.91. The molecule has 0 radical (unpaired) electrons. The third-order valence-corrected chi connectivity index (χ3v) is 9.79. The van der Waals surface area contributed by atoms with Crippen molar-refractivity contribution in [2.75, 3.05) is 0 Å². The summed E-state index contributed by atoms with van der Waals surface area (Å²) in [5.74, 6) is 1.14. The maximum absolute atomic E-state index is 2.68. The summed E-state index contributed by atoms with van der Waals surface area (Å²) in [4.78, 5) is 0. The van der Waals surface area contributed by atoms with Crippen molar-refractivity contribution in [3.8, 4) is 11.1 Å². The zero-order valence-corrected chi connectivity index (χ0v) is 26.4. The first-order valence-electron chi connectivity index (χ1n) is 12.9. The van der Waals surface area contributed by atoms with Crippen molar-refractivity contribution in [2.45, 2.75) is 79.6 Å². The van der Waals surface area contributed by atoms with E-state index in [0.717, 1.165) is 6.42 Å². The number of fused-ring (bicyclic) bond motifs is 4. The van der Waals surface area contributed by atoms with Crippen LogP contribution in [0.5, 0.6) is 0 Å². The molecule has 0 N–H and O–H groups in total. The van der Waals surface area contributed by atoms with Gasteiger partial charge in [0.15, 0.2) is 0 Å². The molecular weight excluding hydrogens is 546 g/mol. The van der Waals surface area contributed by atoms with E-state index in [-0.39, 0.29) is 61.8 Å². The average molecular weight is 587 g/mol. The summed E-state index contributed by atoms with van der Waals surface area (Å²) in [6.07, 6.45) is 10.1. The molecule has 3 aliphatic carbocycles. The molecular formula is C32H40Cl2Zr. The molecule has 1 saturated carbocycles. The summed E-state index contributed by atoms with van der Waals surface area (Å²) in [6.45, 7) is 17.1. The van der Waals surface area contributed by atoms with Gasteiger partial charge < -0.3 is 24.8 Å². The van der Waals surface area contributed by atoms with Crippen LogP contribution in [-0.2, 0) is 38.0 Å². The van der Waals surface area contributed by atoms with Crippen molar-refractivity contribution in [1.82, 2.24) is 0 Å². The minimum absolute atomic E-state index is 0. The molecule has 0 heterocycles. The van der Waals surface area contributed by atoms with Crippen LogP contribution < -0.4 is 24.8 Å². The van der Waals surface area contributed by atoms with Crippen LogP contribution in [0.3, 0.4) is 0 Å². The van der Waals surface area contributed by atoms with E-state index >= 15 is 0 Å². The molecule has 1 fully saturated rings. The van der Waals surface area contributed by atoms with E-state index in [2.05, 4.69) is 103 Å². The van der Waals surface area contributed by atoms with E-state index in [9.17, 15) is 0 Å². The molecule has 3 atom stereocenters. The average Bonchev–Trinajstić information content (AvgIpc) is 3.43. The first kappa shape index (κ1) is 30.6. The second kappa shape index (κ2) is 10.6. The molecule has 3 heteroatoms. The smallest absolute Gasteiger partial charge is 1.00 e. The number of rotatable bonds is 4. The molecule has 0 spiro atoms. The van der Waals surface area contributed by atoms with Gasteiger partial charge >= 0.3 is 26.2 Å². The van der Waals surface area contributed by atoms with Gasteiger partial charge in [0.1, 0.15) is 0 Å². The normalized spacial score (nSPS) is 25.2. The molecule has 3 aliphatic rings. The molecule has 0 saturated heterocycles. The van der Waals surface area contributed by atoms with Crippen LogP contribution in [0, 0.1) is 22.7 Å². The Labute approximate surface area is 245 Å². The molecule has 5 rings (SSSR count). The monoisotopic (exact) mass is 584 g/mol. The number of hydrogen-bond donors (Lipinski definition) is 0. The quantitative estimate of drug-likeness (QED) is 0.441. The van der Waals surface area contributed by atoms with Gasteiger partial charge in [-0.1, -0.05) is 109 Å². The van der Waals surface area contributed by atoms with Crippen molar-refractivity contribution in [1.29, 1.82) is 0 Å². The number of benzene rings is 2. The number of allylic oxidation sites excluding steroid dienone is 4. The molecule has 0 nitrogen and oxygen atoms in total. The van der Waals surface area contributed by atoms with Gasteiger partial charge in [-0.2, -0.15) is 0 Å². The predicted octanol–water partition coefficient (Wildman–Crippen LogP) is 2.90. The van der Waals surface area contributed by atoms with Crippen LogP contribution in [0.1, 0.15) is 84.4 Å². The van der Waals surface area contributed by atoms with E-state index in [1.807, 2.05) is 0 Å². The third kappa shape index (κ3) is 4.12. The molecule has 3 unspecified atom stereocenters. The summed E-state index contributed by atoms with van der Waals surface area (Å²) in [7, 11) is 0. The first-order valence-corrected chi connectivity index (χ1v) is 12.9. The van der Waals surface area contributed by atoms with Gasteiger partial charge in [-0.25, -0.2) is 0 Å². The zero-order valence-electron chi connectivity index (χ0n) is 22.4. The molecule has 0 amide bonds. The molecule has 0 aliphatic heterocycles. The van der Waals surface area contributed by atoms with Gasteiger partial charge in [0.05, 0.1) is 0 Å². The minimum Gasteiger partial charge on any atom is -1.00 e.